The van der Waals surface area contributed by atoms with E-state index in [2.05, 4.69) is 4.98 Å². The van der Waals surface area contributed by atoms with Crippen molar-refractivity contribution in [2.75, 3.05) is 6.61 Å². The summed E-state index contributed by atoms with van der Waals surface area (Å²) in [5, 5.41) is 1.02. The Labute approximate surface area is 123 Å². The first-order chi connectivity index (χ1) is 10.3. The summed E-state index contributed by atoms with van der Waals surface area (Å²) in [7, 11) is 0. The molecule has 0 N–H and O–H groups in total. The number of fused-ring (bicyclic) bond motifs is 1. The molecule has 3 nitrogen and oxygen atoms in total. The summed E-state index contributed by atoms with van der Waals surface area (Å²) in [6.45, 7) is 2.42. The van der Waals surface area contributed by atoms with Crippen molar-refractivity contribution in [3.8, 4) is 5.75 Å². The van der Waals surface area contributed by atoms with E-state index in [9.17, 15) is 4.79 Å². The lowest BCUT2D eigenvalue weighted by molar-refractivity contribution is 0.103. The first-order valence-electron chi connectivity index (χ1n) is 6.92. The number of nitrogens with zero attached hydrogens (tertiary/aromatic N) is 1. The smallest absolute Gasteiger partial charge is 0.215 e. The molecule has 3 aromatic rings. The van der Waals surface area contributed by atoms with Crippen molar-refractivity contribution >= 4 is 16.7 Å². The zero-order valence-corrected chi connectivity index (χ0v) is 11.7. The zero-order valence-electron chi connectivity index (χ0n) is 11.7. The molecule has 1 heterocycles. The van der Waals surface area contributed by atoms with Crippen molar-refractivity contribution < 1.29 is 9.53 Å². The lowest BCUT2D eigenvalue weighted by Crippen LogP contribution is -2.07. The molecular formula is C18H15NO2. The van der Waals surface area contributed by atoms with Crippen LogP contribution in [-0.4, -0.2) is 17.4 Å². The van der Waals surface area contributed by atoms with Gasteiger partial charge in [-0.15, -0.1) is 0 Å². The molecule has 1 aromatic heterocycles. The minimum absolute atomic E-state index is 0.121. The first-order valence-corrected chi connectivity index (χ1v) is 6.92. The van der Waals surface area contributed by atoms with Gasteiger partial charge in [-0.3, -0.25) is 4.79 Å². The molecule has 3 heteroatoms. The highest BCUT2D eigenvalue weighted by Crippen LogP contribution is 2.22. The maximum Gasteiger partial charge on any atom is 0.215 e. The molecule has 0 spiro atoms. The second-order valence-electron chi connectivity index (χ2n) is 4.65. The van der Waals surface area contributed by atoms with Crippen LogP contribution in [0.4, 0.5) is 0 Å². The molecule has 0 saturated heterocycles. The Morgan fingerprint density at radius 3 is 2.62 bits per heavy atom. The van der Waals surface area contributed by atoms with Gasteiger partial charge in [0.05, 0.1) is 17.7 Å². The lowest BCUT2D eigenvalue weighted by Gasteiger charge is -2.09. The summed E-state index contributed by atoms with van der Waals surface area (Å²) >= 11 is 0. The van der Waals surface area contributed by atoms with Crippen LogP contribution in [0.1, 0.15) is 23.0 Å². The molecule has 2 aromatic carbocycles. The van der Waals surface area contributed by atoms with E-state index in [1.807, 2.05) is 49.4 Å². The van der Waals surface area contributed by atoms with E-state index in [1.165, 1.54) is 0 Å². The minimum atomic E-state index is -0.121. The second-order valence-corrected chi connectivity index (χ2v) is 4.65. The maximum absolute atomic E-state index is 12.6. The van der Waals surface area contributed by atoms with Crippen LogP contribution in [0.3, 0.4) is 0 Å². The van der Waals surface area contributed by atoms with Crippen molar-refractivity contribution in [1.82, 2.24) is 4.98 Å². The molecule has 0 fully saturated rings. The third-order valence-electron chi connectivity index (χ3n) is 3.26. The molecule has 104 valence electrons. The highest BCUT2D eigenvalue weighted by atomic mass is 16.5. The molecule has 0 bridgehead atoms. The molecule has 0 saturated carbocycles. The zero-order chi connectivity index (χ0) is 14.7. The summed E-state index contributed by atoms with van der Waals surface area (Å²) in [5.74, 6) is 0.477. The van der Waals surface area contributed by atoms with Crippen LogP contribution in [0.25, 0.3) is 10.9 Å². The summed E-state index contributed by atoms with van der Waals surface area (Å²) in [4.78, 5) is 17.1. The van der Waals surface area contributed by atoms with Crippen LogP contribution >= 0.6 is 0 Å². The summed E-state index contributed by atoms with van der Waals surface area (Å²) in [6, 6.07) is 18.7. The first kappa shape index (κ1) is 13.3. The number of carbonyl (C=O) groups excluding carboxylic acids is 1. The average molecular weight is 277 g/mol. The Bertz CT molecular complexity index is 796. The topological polar surface area (TPSA) is 39.2 Å². The number of carbonyl (C=O) groups is 1. The Balaban J connectivity index is 2.04. The van der Waals surface area contributed by atoms with E-state index in [0.29, 0.717) is 23.6 Å². The summed E-state index contributed by atoms with van der Waals surface area (Å²) in [6.07, 6.45) is 0. The standard InChI is InChI=1S/C18H15NO2/c1-2-21-17-10-6-4-8-14(17)18(20)16-12-11-13-7-3-5-9-15(13)19-16/h3-12H,2H2,1H3. The number of ketones is 1. The Morgan fingerprint density at radius 2 is 1.76 bits per heavy atom. The van der Waals surface area contributed by atoms with Gasteiger partial charge in [-0.1, -0.05) is 36.4 Å². The van der Waals surface area contributed by atoms with Crippen molar-refractivity contribution in [2.45, 2.75) is 6.92 Å². The predicted molar refractivity (Wildman–Crippen MR) is 82.8 cm³/mol. The monoisotopic (exact) mass is 277 g/mol. The van der Waals surface area contributed by atoms with E-state index in [4.69, 9.17) is 4.74 Å². The van der Waals surface area contributed by atoms with Gasteiger partial charge in [-0.05, 0) is 31.2 Å². The Morgan fingerprint density at radius 1 is 1.00 bits per heavy atom. The van der Waals surface area contributed by atoms with Gasteiger partial charge in [-0.25, -0.2) is 4.98 Å². The molecule has 0 aliphatic carbocycles. The van der Waals surface area contributed by atoms with Crippen molar-refractivity contribution in [3.63, 3.8) is 0 Å². The van der Waals surface area contributed by atoms with E-state index >= 15 is 0 Å². The maximum atomic E-state index is 12.6. The number of hydrogen-bond donors (Lipinski definition) is 0. The van der Waals surface area contributed by atoms with Gasteiger partial charge in [0, 0.05) is 5.39 Å². The van der Waals surface area contributed by atoms with Gasteiger partial charge >= 0.3 is 0 Å². The molecule has 21 heavy (non-hydrogen) atoms. The number of hydrogen-bond acceptors (Lipinski definition) is 3. The predicted octanol–water partition coefficient (Wildman–Crippen LogP) is 3.86. The van der Waals surface area contributed by atoms with Gasteiger partial charge in [0.1, 0.15) is 11.4 Å². The van der Waals surface area contributed by atoms with Gasteiger partial charge in [0.15, 0.2) is 0 Å². The molecule has 0 radical (unpaired) electrons. The molecule has 0 aliphatic heterocycles. The number of ether oxygens (including phenoxy) is 1. The quantitative estimate of drug-likeness (QED) is 0.680. The highest BCUT2D eigenvalue weighted by molar-refractivity contribution is 6.10. The van der Waals surface area contributed by atoms with E-state index in [-0.39, 0.29) is 5.78 Å². The average Bonchev–Trinajstić information content (AvgIpc) is 2.54. The minimum Gasteiger partial charge on any atom is -0.493 e. The van der Waals surface area contributed by atoms with Crippen LogP contribution in [0.15, 0.2) is 60.7 Å². The van der Waals surface area contributed by atoms with E-state index in [0.717, 1.165) is 10.9 Å². The highest BCUT2D eigenvalue weighted by Gasteiger charge is 2.15. The normalized spacial score (nSPS) is 10.5. The number of para-hydroxylation sites is 2. The number of pyridine rings is 1. The van der Waals surface area contributed by atoms with Gasteiger partial charge < -0.3 is 4.74 Å². The fourth-order valence-electron chi connectivity index (χ4n) is 2.27. The fraction of sp³-hybridized carbons (Fsp3) is 0.111. The lowest BCUT2D eigenvalue weighted by atomic mass is 10.1. The Hall–Kier alpha value is -2.68. The number of aromatic nitrogens is 1. The molecule has 3 rings (SSSR count). The third kappa shape index (κ3) is 2.63. The third-order valence-corrected chi connectivity index (χ3v) is 3.26. The van der Waals surface area contributed by atoms with Gasteiger partial charge in [0.25, 0.3) is 0 Å². The van der Waals surface area contributed by atoms with Crippen LogP contribution < -0.4 is 4.74 Å². The SMILES string of the molecule is CCOc1ccccc1C(=O)c1ccc2ccccc2n1. The molecule has 0 amide bonds. The summed E-state index contributed by atoms with van der Waals surface area (Å²) < 4.78 is 5.52. The Kier molecular flexibility index (Phi) is 3.65. The molecule has 0 atom stereocenters. The van der Waals surface area contributed by atoms with Crippen molar-refractivity contribution in [1.29, 1.82) is 0 Å². The van der Waals surface area contributed by atoms with Crippen LogP contribution in [0, 0.1) is 0 Å². The van der Waals surface area contributed by atoms with Crippen LogP contribution in [0.2, 0.25) is 0 Å². The molecule has 0 unspecified atom stereocenters. The van der Waals surface area contributed by atoms with Crippen LogP contribution in [0.5, 0.6) is 5.75 Å². The van der Waals surface area contributed by atoms with E-state index in [1.54, 1.807) is 18.2 Å². The second kappa shape index (κ2) is 5.75. The van der Waals surface area contributed by atoms with Crippen LogP contribution in [-0.2, 0) is 0 Å². The van der Waals surface area contributed by atoms with Crippen molar-refractivity contribution in [2.24, 2.45) is 0 Å². The van der Waals surface area contributed by atoms with Gasteiger partial charge in [0.2, 0.25) is 5.78 Å². The molecular weight excluding hydrogens is 262 g/mol. The summed E-state index contributed by atoms with van der Waals surface area (Å²) in [5.41, 5.74) is 1.79. The van der Waals surface area contributed by atoms with E-state index < -0.39 is 0 Å². The van der Waals surface area contributed by atoms with Gasteiger partial charge in [-0.2, -0.15) is 0 Å². The largest absolute Gasteiger partial charge is 0.493 e. The number of benzene rings is 2. The van der Waals surface area contributed by atoms with Crippen molar-refractivity contribution in [3.05, 3.63) is 71.9 Å². The fourth-order valence-corrected chi connectivity index (χ4v) is 2.27. The number of rotatable bonds is 4. The molecule has 0 aliphatic rings.